The van der Waals surface area contributed by atoms with Gasteiger partial charge >= 0.3 is 0 Å². The van der Waals surface area contributed by atoms with Crippen LogP contribution in [0.25, 0.3) is 10.8 Å². The minimum atomic E-state index is 0.500. The zero-order valence-corrected chi connectivity index (χ0v) is 11.5. The monoisotopic (exact) mass is 268 g/mol. The summed E-state index contributed by atoms with van der Waals surface area (Å²) < 4.78 is 0. The summed E-state index contributed by atoms with van der Waals surface area (Å²) >= 11 is 0. The molecular formula is C16H16N2O2-2. The van der Waals surface area contributed by atoms with Crippen molar-refractivity contribution >= 4 is 12.2 Å². The van der Waals surface area contributed by atoms with Crippen molar-refractivity contribution in [2.24, 2.45) is 0 Å². The minimum Gasteiger partial charge on any atom is -0.724 e. The second-order valence-corrected chi connectivity index (χ2v) is 3.49. The lowest BCUT2D eigenvalue weighted by atomic mass is 10.2. The Kier molecular flexibility index (Phi) is 15.8. The van der Waals surface area contributed by atoms with Gasteiger partial charge in [0.05, 0.1) is 0 Å². The van der Waals surface area contributed by atoms with Gasteiger partial charge in [0.1, 0.15) is 0 Å². The summed E-state index contributed by atoms with van der Waals surface area (Å²) in [6.07, 6.45) is 1.00. The van der Waals surface area contributed by atoms with Gasteiger partial charge in [0.15, 0.2) is 0 Å². The Morgan fingerprint density at radius 3 is 0.950 bits per heavy atom. The molecule has 0 spiro atoms. The summed E-state index contributed by atoms with van der Waals surface area (Å²) in [5, 5.41) is 13.5. The van der Waals surface area contributed by atoms with E-state index in [0.717, 1.165) is 0 Å². The number of nitrogens with zero attached hydrogens (tertiary/aromatic N) is 2. The fourth-order valence-corrected chi connectivity index (χ4v) is 1.07. The summed E-state index contributed by atoms with van der Waals surface area (Å²) in [6, 6.07) is 20.5. The number of hydrogen-bond donors (Lipinski definition) is 0. The smallest absolute Gasteiger partial charge is 0.0159 e. The summed E-state index contributed by atoms with van der Waals surface area (Å²) in [4.78, 5) is 16.5. The molecule has 4 nitrogen and oxygen atoms in total. The van der Waals surface area contributed by atoms with Crippen LogP contribution in [0.3, 0.4) is 0 Å². The maximum absolute atomic E-state index is 8.24. The van der Waals surface area contributed by atoms with Crippen LogP contribution in [0.5, 0.6) is 0 Å². The molecular weight excluding hydrogens is 252 g/mol. The van der Waals surface area contributed by atoms with E-state index in [2.05, 4.69) is 38.1 Å². The molecule has 0 amide bonds. The molecule has 0 aliphatic heterocycles. The van der Waals surface area contributed by atoms with Gasteiger partial charge in [0.2, 0.25) is 0 Å². The largest absolute Gasteiger partial charge is 0.724 e. The van der Waals surface area contributed by atoms with E-state index in [0.29, 0.717) is 12.2 Å². The molecule has 0 fully saturated rings. The van der Waals surface area contributed by atoms with Crippen molar-refractivity contribution in [2.75, 3.05) is 0 Å². The van der Waals surface area contributed by atoms with Gasteiger partial charge < -0.3 is 10.8 Å². The number of carbonyl (C=O) groups excluding carboxylic acids is 2. The van der Waals surface area contributed by atoms with Gasteiger partial charge in [-0.3, -0.25) is 9.59 Å². The fourth-order valence-electron chi connectivity index (χ4n) is 1.07. The Morgan fingerprint density at radius 1 is 0.650 bits per heavy atom. The molecule has 104 valence electrons. The van der Waals surface area contributed by atoms with E-state index in [4.69, 9.17) is 20.4 Å². The zero-order chi connectivity index (χ0) is 15.6. The number of aryl methyl sites for hydroxylation is 2. The van der Waals surface area contributed by atoms with Gasteiger partial charge in [-0.05, 0) is 26.0 Å². The second-order valence-electron chi connectivity index (χ2n) is 3.49. The van der Waals surface area contributed by atoms with Crippen LogP contribution in [0.2, 0.25) is 0 Å². The lowest BCUT2D eigenvalue weighted by Gasteiger charge is -1.82. The maximum Gasteiger partial charge on any atom is -0.0159 e. The van der Waals surface area contributed by atoms with Gasteiger partial charge in [0, 0.05) is 0 Å². The predicted octanol–water partition coefficient (Wildman–Crippen LogP) is 3.77. The van der Waals surface area contributed by atoms with Crippen LogP contribution in [0.15, 0.2) is 60.7 Å². The van der Waals surface area contributed by atoms with Gasteiger partial charge in [-0.1, -0.05) is 71.8 Å². The first-order valence-corrected chi connectivity index (χ1v) is 5.68. The highest BCUT2D eigenvalue weighted by Gasteiger charge is 1.72. The standard InChI is InChI=1S/2C7H8.2CNO/c2*1-7-5-3-2-4-6-7;2*2-1-3/h2*2-6H,1H3;;/q;;2*-1. The number of benzene rings is 2. The van der Waals surface area contributed by atoms with Gasteiger partial charge in [0.25, 0.3) is 0 Å². The third kappa shape index (κ3) is 17.6. The number of rotatable bonds is 0. The van der Waals surface area contributed by atoms with E-state index in [9.17, 15) is 0 Å². The van der Waals surface area contributed by atoms with E-state index >= 15 is 0 Å². The fraction of sp³-hybridized carbons (Fsp3) is 0.125. The first-order valence-electron chi connectivity index (χ1n) is 5.68. The first-order chi connectivity index (χ1) is 9.62. The van der Waals surface area contributed by atoms with E-state index < -0.39 is 0 Å². The third-order valence-corrected chi connectivity index (χ3v) is 1.88. The maximum atomic E-state index is 8.24. The summed E-state index contributed by atoms with van der Waals surface area (Å²) in [6.45, 7) is 4.17. The molecule has 0 atom stereocenters. The van der Waals surface area contributed by atoms with Crippen molar-refractivity contribution in [1.29, 1.82) is 0 Å². The van der Waals surface area contributed by atoms with Gasteiger partial charge in [-0.2, -0.15) is 0 Å². The van der Waals surface area contributed by atoms with Crippen LogP contribution in [-0.2, 0) is 9.59 Å². The Balaban J connectivity index is 0. The lowest BCUT2D eigenvalue weighted by Crippen LogP contribution is -1.62. The molecule has 2 aromatic rings. The molecule has 0 aliphatic carbocycles. The van der Waals surface area contributed by atoms with Crippen LogP contribution in [-0.4, -0.2) is 12.2 Å². The number of isocyanates is 2. The average Bonchev–Trinajstić information content (AvgIpc) is 2.43. The Bertz CT molecular complexity index is 449. The second kappa shape index (κ2) is 16.2. The molecule has 0 bridgehead atoms. The lowest BCUT2D eigenvalue weighted by molar-refractivity contribution is 0.568. The molecule has 2 rings (SSSR count). The van der Waals surface area contributed by atoms with Crippen molar-refractivity contribution in [2.45, 2.75) is 13.8 Å². The normalized spacial score (nSPS) is 6.90. The Labute approximate surface area is 119 Å². The van der Waals surface area contributed by atoms with Crippen LogP contribution in [0.4, 0.5) is 0 Å². The summed E-state index contributed by atoms with van der Waals surface area (Å²) in [7, 11) is 0. The molecule has 2 aromatic carbocycles. The van der Waals surface area contributed by atoms with Crippen molar-refractivity contribution in [3.05, 3.63) is 82.6 Å². The van der Waals surface area contributed by atoms with E-state index in [1.807, 2.05) is 36.4 Å². The minimum absolute atomic E-state index is 0.500. The molecule has 0 N–H and O–H groups in total. The van der Waals surface area contributed by atoms with E-state index in [-0.39, 0.29) is 0 Å². The summed E-state index contributed by atoms with van der Waals surface area (Å²) in [5.74, 6) is 0. The van der Waals surface area contributed by atoms with Crippen molar-refractivity contribution in [3.63, 3.8) is 0 Å². The van der Waals surface area contributed by atoms with Gasteiger partial charge in [-0.25, -0.2) is 0 Å². The van der Waals surface area contributed by atoms with Crippen LogP contribution in [0.1, 0.15) is 11.1 Å². The van der Waals surface area contributed by atoms with E-state index in [1.165, 1.54) is 11.1 Å². The molecule has 0 saturated carbocycles. The average molecular weight is 268 g/mol. The van der Waals surface area contributed by atoms with Crippen LogP contribution < -0.4 is 0 Å². The van der Waals surface area contributed by atoms with E-state index in [1.54, 1.807) is 0 Å². The first kappa shape index (κ1) is 19.5. The highest BCUT2D eigenvalue weighted by Crippen LogP contribution is 1.92. The predicted molar refractivity (Wildman–Crippen MR) is 80.5 cm³/mol. The molecule has 0 aromatic heterocycles. The Hall–Kier alpha value is -2.80. The molecule has 0 saturated heterocycles. The highest BCUT2D eigenvalue weighted by atomic mass is 16.1. The molecule has 0 aliphatic rings. The quantitative estimate of drug-likeness (QED) is 0.538. The number of hydrogen-bond acceptors (Lipinski definition) is 2. The van der Waals surface area contributed by atoms with Crippen LogP contribution in [0, 0.1) is 13.8 Å². The molecule has 0 unspecified atom stereocenters. The van der Waals surface area contributed by atoms with Crippen molar-refractivity contribution in [1.82, 2.24) is 0 Å². The van der Waals surface area contributed by atoms with Crippen LogP contribution >= 0.6 is 0 Å². The molecule has 0 radical (unpaired) electrons. The highest BCUT2D eigenvalue weighted by molar-refractivity contribution is 5.37. The molecule has 4 heteroatoms. The summed E-state index contributed by atoms with van der Waals surface area (Å²) in [5.41, 5.74) is 2.64. The SMILES string of the molecule is Cc1ccccc1.Cc1ccccc1.[N-]=C=O.[N-]=C=O. The Morgan fingerprint density at radius 2 is 0.850 bits per heavy atom. The molecule has 20 heavy (non-hydrogen) atoms. The van der Waals surface area contributed by atoms with Crippen molar-refractivity contribution < 1.29 is 9.59 Å². The van der Waals surface area contributed by atoms with Gasteiger partial charge in [-0.15, -0.1) is 0 Å². The molecule has 0 heterocycles. The van der Waals surface area contributed by atoms with Crippen molar-refractivity contribution in [3.8, 4) is 0 Å². The third-order valence-electron chi connectivity index (χ3n) is 1.88. The topological polar surface area (TPSA) is 78.7 Å². The zero-order valence-electron chi connectivity index (χ0n) is 11.5.